The third kappa shape index (κ3) is 4.03. The van der Waals surface area contributed by atoms with E-state index in [4.69, 9.17) is 5.73 Å². The van der Waals surface area contributed by atoms with Gasteiger partial charge in [0.05, 0.1) is 17.9 Å². The molecule has 1 fully saturated rings. The molecule has 8 heteroatoms. The van der Waals surface area contributed by atoms with E-state index >= 15 is 0 Å². The average molecular weight is 342 g/mol. The van der Waals surface area contributed by atoms with Crippen molar-refractivity contribution in [1.82, 2.24) is 20.3 Å². The van der Waals surface area contributed by atoms with Crippen molar-refractivity contribution in [2.75, 3.05) is 11.9 Å². The lowest BCUT2D eigenvalue weighted by molar-refractivity contribution is -0.114. The molecule has 0 saturated heterocycles. The molecule has 2 aromatic rings. The second-order valence-corrected chi connectivity index (χ2v) is 6.09. The largest absolute Gasteiger partial charge is 0.348 e. The summed E-state index contributed by atoms with van der Waals surface area (Å²) < 4.78 is 1.68. The van der Waals surface area contributed by atoms with Crippen molar-refractivity contribution < 1.29 is 9.59 Å². The van der Waals surface area contributed by atoms with Gasteiger partial charge >= 0.3 is 0 Å². The first-order valence-corrected chi connectivity index (χ1v) is 8.48. The third-order valence-corrected chi connectivity index (χ3v) is 3.96. The molecule has 0 radical (unpaired) electrons. The zero-order chi connectivity index (χ0) is 17.8. The van der Waals surface area contributed by atoms with Crippen molar-refractivity contribution in [3.63, 3.8) is 0 Å². The zero-order valence-corrected chi connectivity index (χ0v) is 14.2. The van der Waals surface area contributed by atoms with Crippen LogP contribution in [0, 0.1) is 0 Å². The van der Waals surface area contributed by atoms with Crippen LogP contribution in [0.1, 0.15) is 42.4 Å². The predicted octanol–water partition coefficient (Wildman–Crippen LogP) is 1.01. The highest BCUT2D eigenvalue weighted by atomic mass is 16.2. The highest BCUT2D eigenvalue weighted by Gasteiger charge is 2.27. The fourth-order valence-corrected chi connectivity index (χ4v) is 2.53. The van der Waals surface area contributed by atoms with Gasteiger partial charge in [0.25, 0.3) is 5.91 Å². The fourth-order valence-electron chi connectivity index (χ4n) is 2.53. The van der Waals surface area contributed by atoms with Crippen LogP contribution >= 0.6 is 0 Å². The lowest BCUT2D eigenvalue weighted by Crippen LogP contribution is -2.27. The highest BCUT2D eigenvalue weighted by molar-refractivity contribution is 5.94. The maximum atomic E-state index is 12.4. The minimum Gasteiger partial charge on any atom is -0.348 e. The zero-order valence-electron chi connectivity index (χ0n) is 14.2. The number of hydrogen-bond acceptors (Lipinski definition) is 5. The Morgan fingerprint density at radius 3 is 2.60 bits per heavy atom. The second kappa shape index (κ2) is 7.43. The van der Waals surface area contributed by atoms with Crippen LogP contribution in [0.5, 0.6) is 0 Å². The van der Waals surface area contributed by atoms with Crippen molar-refractivity contribution in [2.24, 2.45) is 5.73 Å². The SMILES string of the molecule is CCCc1c(C(=O)NC2CC2)nnn1-c1ccc(NC(=O)CN)cc1. The number of rotatable bonds is 7. The van der Waals surface area contributed by atoms with E-state index in [1.54, 1.807) is 16.8 Å². The van der Waals surface area contributed by atoms with Crippen molar-refractivity contribution >= 4 is 17.5 Å². The van der Waals surface area contributed by atoms with Gasteiger partial charge in [-0.3, -0.25) is 9.59 Å². The van der Waals surface area contributed by atoms with Gasteiger partial charge in [-0.1, -0.05) is 18.6 Å². The fraction of sp³-hybridized carbons (Fsp3) is 0.412. The average Bonchev–Trinajstić information content (AvgIpc) is 3.33. The van der Waals surface area contributed by atoms with E-state index in [0.29, 0.717) is 17.8 Å². The van der Waals surface area contributed by atoms with Crippen molar-refractivity contribution in [1.29, 1.82) is 0 Å². The summed E-state index contributed by atoms with van der Waals surface area (Å²) in [6, 6.07) is 7.46. The molecule has 4 N–H and O–H groups in total. The summed E-state index contributed by atoms with van der Waals surface area (Å²) in [6.45, 7) is 1.98. The monoisotopic (exact) mass is 342 g/mol. The van der Waals surface area contributed by atoms with Gasteiger partial charge in [0, 0.05) is 11.7 Å². The molecule has 0 atom stereocenters. The lowest BCUT2D eigenvalue weighted by atomic mass is 10.2. The van der Waals surface area contributed by atoms with Gasteiger partial charge in [-0.25, -0.2) is 4.68 Å². The molecule has 0 bridgehead atoms. The molecule has 1 aliphatic rings. The number of nitrogens with two attached hydrogens (primary N) is 1. The van der Waals surface area contributed by atoms with Gasteiger partial charge < -0.3 is 16.4 Å². The summed E-state index contributed by atoms with van der Waals surface area (Å²) in [5.41, 5.74) is 7.91. The molecule has 0 unspecified atom stereocenters. The Morgan fingerprint density at radius 1 is 1.28 bits per heavy atom. The predicted molar refractivity (Wildman–Crippen MR) is 93.5 cm³/mol. The van der Waals surface area contributed by atoms with E-state index in [0.717, 1.165) is 30.6 Å². The van der Waals surface area contributed by atoms with Gasteiger partial charge in [0.1, 0.15) is 0 Å². The molecule has 1 aromatic heterocycles. The number of hydrogen-bond donors (Lipinski definition) is 3. The number of nitrogens with one attached hydrogen (secondary N) is 2. The van der Waals surface area contributed by atoms with Crippen LogP contribution in [0.25, 0.3) is 5.69 Å². The molecule has 1 saturated carbocycles. The number of carbonyl (C=O) groups is 2. The molecule has 3 rings (SSSR count). The lowest BCUT2D eigenvalue weighted by Gasteiger charge is -2.09. The Balaban J connectivity index is 1.84. The summed E-state index contributed by atoms with van der Waals surface area (Å²) >= 11 is 0. The first-order chi connectivity index (χ1) is 12.1. The molecule has 1 aromatic carbocycles. The van der Waals surface area contributed by atoms with E-state index < -0.39 is 0 Å². The maximum Gasteiger partial charge on any atom is 0.273 e. The first-order valence-electron chi connectivity index (χ1n) is 8.48. The van der Waals surface area contributed by atoms with Crippen LogP contribution in [0.2, 0.25) is 0 Å². The van der Waals surface area contributed by atoms with Gasteiger partial charge in [0.2, 0.25) is 5.91 Å². The summed E-state index contributed by atoms with van der Waals surface area (Å²) in [4.78, 5) is 23.7. The van der Waals surface area contributed by atoms with Crippen LogP contribution in [-0.2, 0) is 11.2 Å². The first kappa shape index (κ1) is 17.1. The van der Waals surface area contributed by atoms with Crippen molar-refractivity contribution in [2.45, 2.75) is 38.6 Å². The molecule has 25 heavy (non-hydrogen) atoms. The van der Waals surface area contributed by atoms with Crippen LogP contribution < -0.4 is 16.4 Å². The van der Waals surface area contributed by atoms with Crippen LogP contribution in [-0.4, -0.2) is 39.4 Å². The molecule has 132 valence electrons. The normalized spacial score (nSPS) is 13.5. The van der Waals surface area contributed by atoms with Gasteiger partial charge in [0.15, 0.2) is 5.69 Å². The summed E-state index contributed by atoms with van der Waals surface area (Å²) in [7, 11) is 0. The Labute approximate surface area is 145 Å². The smallest absolute Gasteiger partial charge is 0.273 e. The molecular weight excluding hydrogens is 320 g/mol. The number of nitrogens with zero attached hydrogens (tertiary/aromatic N) is 3. The second-order valence-electron chi connectivity index (χ2n) is 6.09. The van der Waals surface area contributed by atoms with Crippen molar-refractivity contribution in [3.05, 3.63) is 35.7 Å². The Kier molecular flexibility index (Phi) is 5.08. The summed E-state index contributed by atoms with van der Waals surface area (Å²) in [6.07, 6.45) is 3.63. The number of amides is 2. The van der Waals surface area contributed by atoms with E-state index in [1.165, 1.54) is 0 Å². The quantitative estimate of drug-likeness (QED) is 0.694. The Bertz CT molecular complexity index is 764. The minimum absolute atomic E-state index is 0.0645. The molecule has 0 aliphatic heterocycles. The van der Waals surface area contributed by atoms with E-state index in [2.05, 4.69) is 20.9 Å². The Morgan fingerprint density at radius 2 is 2.00 bits per heavy atom. The highest BCUT2D eigenvalue weighted by Crippen LogP contribution is 2.21. The molecular formula is C17H22N6O2. The van der Waals surface area contributed by atoms with Gasteiger partial charge in [-0.2, -0.15) is 0 Å². The molecule has 1 heterocycles. The topological polar surface area (TPSA) is 115 Å². The standard InChI is InChI=1S/C17H22N6O2/c1-2-3-14-16(17(25)20-12-4-5-12)21-22-23(14)13-8-6-11(7-9-13)19-15(24)10-18/h6-9,12H,2-5,10,18H2,1H3,(H,19,24)(H,20,25). The van der Waals surface area contributed by atoms with Crippen molar-refractivity contribution in [3.8, 4) is 5.69 Å². The van der Waals surface area contributed by atoms with E-state index in [-0.39, 0.29) is 24.4 Å². The van der Waals surface area contributed by atoms with Crippen LogP contribution in [0.3, 0.4) is 0 Å². The molecule has 2 amide bonds. The van der Waals surface area contributed by atoms with E-state index in [9.17, 15) is 9.59 Å². The number of carbonyl (C=O) groups excluding carboxylic acids is 2. The number of anilines is 1. The third-order valence-electron chi connectivity index (χ3n) is 3.96. The number of aromatic nitrogens is 3. The summed E-state index contributed by atoms with van der Waals surface area (Å²) in [5, 5.41) is 13.9. The van der Waals surface area contributed by atoms with Crippen LogP contribution in [0.4, 0.5) is 5.69 Å². The minimum atomic E-state index is -0.251. The maximum absolute atomic E-state index is 12.4. The van der Waals surface area contributed by atoms with Crippen LogP contribution in [0.15, 0.2) is 24.3 Å². The van der Waals surface area contributed by atoms with Gasteiger partial charge in [-0.05, 0) is 43.5 Å². The molecule has 0 spiro atoms. The molecule has 8 nitrogen and oxygen atoms in total. The van der Waals surface area contributed by atoms with E-state index in [1.807, 2.05) is 19.1 Å². The summed E-state index contributed by atoms with van der Waals surface area (Å²) in [5.74, 6) is -0.414. The Hall–Kier alpha value is -2.74. The molecule has 1 aliphatic carbocycles. The van der Waals surface area contributed by atoms with Gasteiger partial charge in [-0.15, -0.1) is 5.10 Å². The number of benzene rings is 1.